The lowest BCUT2D eigenvalue weighted by Crippen LogP contribution is -2.30. The smallest absolute Gasteiger partial charge is 0.174 e. The second kappa shape index (κ2) is 7.44. The van der Waals surface area contributed by atoms with Crippen LogP contribution in [0.1, 0.15) is 43.4 Å². The highest BCUT2D eigenvalue weighted by atomic mass is 79.9. The van der Waals surface area contributed by atoms with Crippen LogP contribution >= 0.6 is 28.1 Å². The number of nitrogens with one attached hydrogen (secondary N) is 1. The normalized spacial score (nSPS) is 19.6. The van der Waals surface area contributed by atoms with E-state index in [1.807, 2.05) is 30.5 Å². The first kappa shape index (κ1) is 18.2. The molecule has 1 aliphatic heterocycles. The maximum Gasteiger partial charge on any atom is 0.174 e. The molecule has 2 aromatic heterocycles. The predicted octanol–water partition coefficient (Wildman–Crippen LogP) is 5.40. The van der Waals surface area contributed by atoms with Crippen LogP contribution in [0.2, 0.25) is 0 Å². The molecular formula is C21H21BrN4S. The molecule has 3 heterocycles. The second-order valence-corrected chi connectivity index (χ2v) is 8.21. The van der Waals surface area contributed by atoms with Gasteiger partial charge in [-0.25, -0.2) is 0 Å². The monoisotopic (exact) mass is 440 g/mol. The predicted molar refractivity (Wildman–Crippen MR) is 117 cm³/mol. The van der Waals surface area contributed by atoms with Crippen molar-refractivity contribution in [2.24, 2.45) is 0 Å². The summed E-state index contributed by atoms with van der Waals surface area (Å²) in [7, 11) is 0. The third-order valence-electron chi connectivity index (χ3n) is 4.87. The molecule has 1 N–H and O–H groups in total. The molecule has 4 rings (SSSR count). The van der Waals surface area contributed by atoms with E-state index >= 15 is 0 Å². The molecule has 0 spiro atoms. The van der Waals surface area contributed by atoms with Crippen molar-refractivity contribution < 1.29 is 0 Å². The van der Waals surface area contributed by atoms with E-state index in [1.54, 1.807) is 0 Å². The highest BCUT2D eigenvalue weighted by molar-refractivity contribution is 9.10. The molecule has 1 aromatic carbocycles. The summed E-state index contributed by atoms with van der Waals surface area (Å²) in [5.74, 6) is 0. The molecule has 4 nitrogen and oxygen atoms in total. The van der Waals surface area contributed by atoms with Crippen LogP contribution in [0.25, 0.3) is 0 Å². The van der Waals surface area contributed by atoms with Gasteiger partial charge in [0, 0.05) is 34.3 Å². The Bertz CT molecular complexity index is 936. The molecule has 1 saturated heterocycles. The van der Waals surface area contributed by atoms with Crippen molar-refractivity contribution in [3.8, 4) is 0 Å². The van der Waals surface area contributed by atoms with Gasteiger partial charge in [0.15, 0.2) is 5.11 Å². The standard InChI is InChI=1S/C21H21BrN4S/c1-14(2)25-13-5-7-18(25)20-19(17-6-3-4-12-23-17)24-21(27)26(20)16-10-8-15(22)9-11-16/h3-14,19-20H,1-2H3,(H,24,27)/t19-,20+/m0/s1. The number of nitrogens with zero attached hydrogens (tertiary/aromatic N) is 3. The van der Waals surface area contributed by atoms with Gasteiger partial charge < -0.3 is 14.8 Å². The number of benzene rings is 1. The van der Waals surface area contributed by atoms with Gasteiger partial charge in [-0.05, 0) is 74.6 Å². The lowest BCUT2D eigenvalue weighted by atomic mass is 10.0. The minimum atomic E-state index is -0.0188. The highest BCUT2D eigenvalue weighted by Crippen LogP contribution is 2.42. The summed E-state index contributed by atoms with van der Waals surface area (Å²) in [6.45, 7) is 4.40. The lowest BCUT2D eigenvalue weighted by Gasteiger charge is -2.30. The van der Waals surface area contributed by atoms with E-state index in [0.717, 1.165) is 21.0 Å². The summed E-state index contributed by atoms with van der Waals surface area (Å²) in [6, 6.07) is 18.9. The Morgan fingerprint density at radius 3 is 2.52 bits per heavy atom. The number of halogens is 1. The van der Waals surface area contributed by atoms with Crippen molar-refractivity contribution in [3.05, 3.63) is 82.9 Å². The van der Waals surface area contributed by atoms with E-state index < -0.39 is 0 Å². The van der Waals surface area contributed by atoms with Crippen LogP contribution in [-0.2, 0) is 0 Å². The number of thiocarbonyl (C=S) groups is 1. The summed E-state index contributed by atoms with van der Waals surface area (Å²) < 4.78 is 3.36. The number of aromatic nitrogens is 2. The Morgan fingerprint density at radius 1 is 1.07 bits per heavy atom. The minimum absolute atomic E-state index is 0.0188. The van der Waals surface area contributed by atoms with E-state index in [1.165, 1.54) is 5.69 Å². The van der Waals surface area contributed by atoms with Gasteiger partial charge in [-0.2, -0.15) is 0 Å². The van der Waals surface area contributed by atoms with E-state index in [-0.39, 0.29) is 12.1 Å². The molecule has 27 heavy (non-hydrogen) atoms. The fourth-order valence-corrected chi connectivity index (χ4v) is 4.27. The quantitative estimate of drug-likeness (QED) is 0.550. The molecule has 1 fully saturated rings. The summed E-state index contributed by atoms with van der Waals surface area (Å²) in [5.41, 5.74) is 3.27. The Kier molecular flexibility index (Phi) is 5.02. The van der Waals surface area contributed by atoms with Gasteiger partial charge in [-0.1, -0.05) is 22.0 Å². The van der Waals surface area contributed by atoms with Crippen molar-refractivity contribution in [1.29, 1.82) is 0 Å². The summed E-state index contributed by atoms with van der Waals surface area (Å²) in [5, 5.41) is 4.22. The maximum absolute atomic E-state index is 5.76. The molecule has 3 aromatic rings. The van der Waals surface area contributed by atoms with Gasteiger partial charge in [0.05, 0.1) is 11.7 Å². The van der Waals surface area contributed by atoms with E-state index in [4.69, 9.17) is 12.2 Å². The first-order chi connectivity index (χ1) is 13.1. The first-order valence-electron chi connectivity index (χ1n) is 8.99. The molecule has 0 bridgehead atoms. The molecule has 6 heteroatoms. The first-order valence-corrected chi connectivity index (χ1v) is 10.2. The number of hydrogen-bond acceptors (Lipinski definition) is 2. The molecule has 0 radical (unpaired) electrons. The average molecular weight is 441 g/mol. The third kappa shape index (κ3) is 3.39. The van der Waals surface area contributed by atoms with Crippen LogP contribution in [0.3, 0.4) is 0 Å². The minimum Gasteiger partial charge on any atom is -0.351 e. The summed E-state index contributed by atoms with van der Waals surface area (Å²) in [4.78, 5) is 6.81. The number of hydrogen-bond donors (Lipinski definition) is 1. The SMILES string of the molecule is CC(C)n1cccc1[C@@H]1[C@H](c2ccccn2)NC(=S)N1c1ccc(Br)cc1. The van der Waals surface area contributed by atoms with Crippen LogP contribution < -0.4 is 10.2 Å². The zero-order valence-electron chi connectivity index (χ0n) is 15.2. The number of pyridine rings is 1. The molecule has 0 saturated carbocycles. The van der Waals surface area contributed by atoms with Crippen LogP contribution in [0.5, 0.6) is 0 Å². The Hall–Kier alpha value is -2.18. The zero-order chi connectivity index (χ0) is 19.0. The fraction of sp³-hybridized carbons (Fsp3) is 0.238. The topological polar surface area (TPSA) is 33.1 Å². The van der Waals surface area contributed by atoms with Gasteiger partial charge >= 0.3 is 0 Å². The third-order valence-corrected chi connectivity index (χ3v) is 5.72. The molecule has 0 unspecified atom stereocenters. The second-order valence-electron chi connectivity index (χ2n) is 6.91. The highest BCUT2D eigenvalue weighted by Gasteiger charge is 2.42. The zero-order valence-corrected chi connectivity index (χ0v) is 17.6. The number of anilines is 1. The maximum atomic E-state index is 5.76. The van der Waals surface area contributed by atoms with Gasteiger partial charge in [-0.3, -0.25) is 4.98 Å². The van der Waals surface area contributed by atoms with Crippen LogP contribution in [0.4, 0.5) is 5.69 Å². The molecular weight excluding hydrogens is 420 g/mol. The Labute approximate surface area is 173 Å². The Balaban J connectivity index is 1.85. The van der Waals surface area contributed by atoms with Gasteiger partial charge in [0.1, 0.15) is 6.04 Å². The van der Waals surface area contributed by atoms with E-state index in [9.17, 15) is 0 Å². The Morgan fingerprint density at radius 2 is 1.85 bits per heavy atom. The van der Waals surface area contributed by atoms with Crippen molar-refractivity contribution in [2.75, 3.05) is 4.90 Å². The fourth-order valence-electron chi connectivity index (χ4n) is 3.66. The van der Waals surface area contributed by atoms with Crippen molar-refractivity contribution in [1.82, 2.24) is 14.9 Å². The summed E-state index contributed by atoms with van der Waals surface area (Å²) >= 11 is 9.28. The molecule has 0 aliphatic carbocycles. The van der Waals surface area contributed by atoms with Crippen molar-refractivity contribution in [3.63, 3.8) is 0 Å². The van der Waals surface area contributed by atoms with Crippen molar-refractivity contribution in [2.45, 2.75) is 32.0 Å². The van der Waals surface area contributed by atoms with Gasteiger partial charge in [0.25, 0.3) is 0 Å². The van der Waals surface area contributed by atoms with E-state index in [2.05, 4.69) is 86.1 Å². The van der Waals surface area contributed by atoms with Crippen LogP contribution in [0.15, 0.2) is 71.5 Å². The lowest BCUT2D eigenvalue weighted by molar-refractivity contribution is 0.497. The van der Waals surface area contributed by atoms with Gasteiger partial charge in [0.2, 0.25) is 0 Å². The molecule has 1 aliphatic rings. The van der Waals surface area contributed by atoms with Crippen LogP contribution in [0, 0.1) is 0 Å². The average Bonchev–Trinajstić information content (AvgIpc) is 3.27. The van der Waals surface area contributed by atoms with Crippen LogP contribution in [-0.4, -0.2) is 14.7 Å². The summed E-state index contributed by atoms with van der Waals surface area (Å²) in [6.07, 6.45) is 3.97. The van der Waals surface area contributed by atoms with Crippen molar-refractivity contribution >= 4 is 38.9 Å². The molecule has 138 valence electrons. The number of rotatable bonds is 4. The molecule has 0 amide bonds. The van der Waals surface area contributed by atoms with E-state index in [0.29, 0.717) is 6.04 Å². The van der Waals surface area contributed by atoms with Gasteiger partial charge in [-0.15, -0.1) is 0 Å². The molecule has 2 atom stereocenters. The largest absolute Gasteiger partial charge is 0.351 e.